The summed E-state index contributed by atoms with van der Waals surface area (Å²) >= 11 is 6.74. The third-order valence-electron chi connectivity index (χ3n) is 3.03. The van der Waals surface area contributed by atoms with Crippen molar-refractivity contribution in [2.75, 3.05) is 30.6 Å². The van der Waals surface area contributed by atoms with Gasteiger partial charge in [0, 0.05) is 10.6 Å². The summed E-state index contributed by atoms with van der Waals surface area (Å²) in [5.74, 6) is 0.722. The van der Waals surface area contributed by atoms with E-state index in [1.807, 2.05) is 48.5 Å². The number of carbonyl (C=O) groups excluding carboxylic acids is 1. The minimum atomic E-state index is -0.258. The van der Waals surface area contributed by atoms with E-state index >= 15 is 0 Å². The Morgan fingerprint density at radius 1 is 1.12 bits per heavy atom. The summed E-state index contributed by atoms with van der Waals surface area (Å²) in [6.07, 6.45) is 0. The van der Waals surface area contributed by atoms with Crippen molar-refractivity contribution in [3.8, 4) is 5.75 Å². The van der Waals surface area contributed by atoms with Crippen molar-refractivity contribution in [1.29, 1.82) is 0 Å². The molecule has 0 radical (unpaired) electrons. The first-order valence-electron chi connectivity index (χ1n) is 7.13. The largest absolute Gasteiger partial charge is 0.495 e. The lowest BCUT2D eigenvalue weighted by molar-refractivity contribution is -0.137. The van der Waals surface area contributed by atoms with Crippen molar-refractivity contribution >= 4 is 46.4 Å². The molecule has 2 rings (SSSR count). The van der Waals surface area contributed by atoms with Crippen LogP contribution < -0.4 is 15.4 Å². The highest BCUT2D eigenvalue weighted by molar-refractivity contribution is 8.00. The van der Waals surface area contributed by atoms with Gasteiger partial charge in [-0.3, -0.25) is 4.79 Å². The van der Waals surface area contributed by atoms with E-state index < -0.39 is 0 Å². The molecule has 0 aliphatic rings. The highest BCUT2D eigenvalue weighted by atomic mass is 32.2. The van der Waals surface area contributed by atoms with Crippen molar-refractivity contribution in [3.05, 3.63) is 48.5 Å². The van der Waals surface area contributed by atoms with Crippen molar-refractivity contribution < 1.29 is 14.3 Å². The maximum absolute atomic E-state index is 11.2. The predicted octanol–water partition coefficient (Wildman–Crippen LogP) is 3.77. The predicted molar refractivity (Wildman–Crippen MR) is 102 cm³/mol. The van der Waals surface area contributed by atoms with E-state index in [1.165, 1.54) is 18.9 Å². The second-order valence-corrected chi connectivity index (χ2v) is 6.13. The Bertz CT molecular complexity index is 722. The minimum Gasteiger partial charge on any atom is -0.495 e. The lowest BCUT2D eigenvalue weighted by atomic mass is 10.3. The van der Waals surface area contributed by atoms with Crippen LogP contribution in [-0.4, -0.2) is 31.1 Å². The van der Waals surface area contributed by atoms with E-state index in [-0.39, 0.29) is 11.7 Å². The van der Waals surface area contributed by atoms with Crippen LogP contribution in [0, 0.1) is 0 Å². The second-order valence-electron chi connectivity index (χ2n) is 4.67. The minimum absolute atomic E-state index is 0.258. The van der Waals surface area contributed by atoms with Gasteiger partial charge in [0.15, 0.2) is 5.11 Å². The number of benzene rings is 2. The lowest BCUT2D eigenvalue weighted by Gasteiger charge is -2.13. The fourth-order valence-electron chi connectivity index (χ4n) is 1.90. The fraction of sp³-hybridized carbons (Fsp3) is 0.176. The number of thioether (sulfide) groups is 1. The third-order valence-corrected chi connectivity index (χ3v) is 4.20. The number of anilines is 2. The Kier molecular flexibility index (Phi) is 6.89. The molecule has 0 aromatic heterocycles. The van der Waals surface area contributed by atoms with Gasteiger partial charge in [-0.1, -0.05) is 18.2 Å². The monoisotopic (exact) mass is 362 g/mol. The van der Waals surface area contributed by atoms with Gasteiger partial charge in [0.05, 0.1) is 25.7 Å². The molecule has 0 aliphatic carbocycles. The molecule has 0 atom stereocenters. The number of ether oxygens (including phenoxy) is 2. The zero-order chi connectivity index (χ0) is 17.4. The van der Waals surface area contributed by atoms with E-state index in [0.717, 1.165) is 16.3 Å². The van der Waals surface area contributed by atoms with Gasteiger partial charge in [0.2, 0.25) is 0 Å². The molecular formula is C17H18N2O3S2. The summed E-state index contributed by atoms with van der Waals surface area (Å²) in [5, 5.41) is 6.68. The molecule has 7 heteroatoms. The number of para-hydroxylation sites is 2. The summed E-state index contributed by atoms with van der Waals surface area (Å²) in [6, 6.07) is 15.2. The Morgan fingerprint density at radius 3 is 2.67 bits per heavy atom. The number of carbonyl (C=O) groups is 1. The van der Waals surface area contributed by atoms with Gasteiger partial charge in [0.1, 0.15) is 5.75 Å². The van der Waals surface area contributed by atoms with Crippen LogP contribution in [0.15, 0.2) is 53.4 Å². The molecule has 2 aromatic rings. The van der Waals surface area contributed by atoms with Crippen LogP contribution in [0.5, 0.6) is 5.75 Å². The van der Waals surface area contributed by atoms with Gasteiger partial charge in [-0.2, -0.15) is 0 Å². The Hall–Kier alpha value is -2.25. The molecule has 0 unspecified atom stereocenters. The van der Waals surface area contributed by atoms with Crippen LogP contribution in [-0.2, 0) is 9.53 Å². The molecule has 5 nitrogen and oxygen atoms in total. The number of nitrogens with one attached hydrogen (secondary N) is 2. The van der Waals surface area contributed by atoms with Crippen molar-refractivity contribution in [3.63, 3.8) is 0 Å². The lowest BCUT2D eigenvalue weighted by Crippen LogP contribution is -2.19. The summed E-state index contributed by atoms with van der Waals surface area (Å²) in [7, 11) is 2.99. The summed E-state index contributed by atoms with van der Waals surface area (Å²) in [5.41, 5.74) is 1.62. The first kappa shape index (κ1) is 18.1. The maximum Gasteiger partial charge on any atom is 0.315 e. The Balaban J connectivity index is 1.97. The van der Waals surface area contributed by atoms with Crippen LogP contribution in [0.1, 0.15) is 0 Å². The van der Waals surface area contributed by atoms with Crippen LogP contribution >= 0.6 is 24.0 Å². The van der Waals surface area contributed by atoms with Gasteiger partial charge >= 0.3 is 5.97 Å². The van der Waals surface area contributed by atoms with Crippen LogP contribution in [0.4, 0.5) is 11.4 Å². The average Bonchev–Trinajstić information content (AvgIpc) is 2.60. The SMILES string of the molecule is COC(=O)CSc1cccc(NC(=S)Nc2ccccc2OC)c1. The molecule has 0 spiro atoms. The molecule has 0 heterocycles. The summed E-state index contributed by atoms with van der Waals surface area (Å²) in [4.78, 5) is 12.2. The van der Waals surface area contributed by atoms with Crippen molar-refractivity contribution in [2.24, 2.45) is 0 Å². The zero-order valence-electron chi connectivity index (χ0n) is 13.4. The van der Waals surface area contributed by atoms with Gasteiger partial charge in [0.25, 0.3) is 0 Å². The number of rotatable bonds is 6. The van der Waals surface area contributed by atoms with E-state index in [1.54, 1.807) is 7.11 Å². The Morgan fingerprint density at radius 2 is 1.92 bits per heavy atom. The normalized spacial score (nSPS) is 9.92. The van der Waals surface area contributed by atoms with Gasteiger partial charge in [-0.25, -0.2) is 0 Å². The van der Waals surface area contributed by atoms with E-state index in [0.29, 0.717) is 10.9 Å². The molecule has 0 fully saturated rings. The van der Waals surface area contributed by atoms with Crippen molar-refractivity contribution in [1.82, 2.24) is 0 Å². The van der Waals surface area contributed by atoms with Gasteiger partial charge in [-0.15, -0.1) is 11.8 Å². The fourth-order valence-corrected chi connectivity index (χ4v) is 2.91. The first-order valence-corrected chi connectivity index (χ1v) is 8.52. The van der Waals surface area contributed by atoms with E-state index in [2.05, 4.69) is 15.4 Å². The highest BCUT2D eigenvalue weighted by Gasteiger charge is 2.06. The molecule has 126 valence electrons. The topological polar surface area (TPSA) is 59.6 Å². The summed E-state index contributed by atoms with van der Waals surface area (Å²) in [6.45, 7) is 0. The van der Waals surface area contributed by atoms with Crippen molar-refractivity contribution in [2.45, 2.75) is 4.90 Å². The van der Waals surface area contributed by atoms with Crippen LogP contribution in [0.2, 0.25) is 0 Å². The first-order chi connectivity index (χ1) is 11.6. The molecule has 0 amide bonds. The molecule has 0 saturated heterocycles. The van der Waals surface area contributed by atoms with Gasteiger partial charge in [-0.05, 0) is 42.5 Å². The van der Waals surface area contributed by atoms with E-state index in [9.17, 15) is 4.79 Å². The van der Waals surface area contributed by atoms with Crippen LogP contribution in [0.25, 0.3) is 0 Å². The molecule has 24 heavy (non-hydrogen) atoms. The quantitative estimate of drug-likeness (QED) is 0.461. The smallest absolute Gasteiger partial charge is 0.315 e. The standard InChI is InChI=1S/C17H18N2O3S2/c1-21-15-9-4-3-8-14(15)19-17(23)18-12-6-5-7-13(10-12)24-11-16(20)22-2/h3-10H,11H2,1-2H3,(H2,18,19,23). The maximum atomic E-state index is 11.2. The van der Waals surface area contributed by atoms with Gasteiger partial charge < -0.3 is 20.1 Å². The number of thiocarbonyl (C=S) groups is 1. The van der Waals surface area contributed by atoms with Crippen LogP contribution in [0.3, 0.4) is 0 Å². The number of hydrogen-bond donors (Lipinski definition) is 2. The molecular weight excluding hydrogens is 344 g/mol. The molecule has 2 N–H and O–H groups in total. The third kappa shape index (κ3) is 5.43. The average molecular weight is 362 g/mol. The second kappa shape index (κ2) is 9.14. The number of esters is 1. The molecule has 0 saturated carbocycles. The number of methoxy groups -OCH3 is 2. The van der Waals surface area contributed by atoms with E-state index in [4.69, 9.17) is 17.0 Å². The Labute approximate surface area is 150 Å². The highest BCUT2D eigenvalue weighted by Crippen LogP contribution is 2.24. The zero-order valence-corrected chi connectivity index (χ0v) is 15.0. The molecule has 2 aromatic carbocycles. The number of hydrogen-bond acceptors (Lipinski definition) is 5. The summed E-state index contributed by atoms with van der Waals surface area (Å²) < 4.78 is 9.92. The molecule has 0 aliphatic heterocycles. The molecule has 0 bridgehead atoms.